The van der Waals surface area contributed by atoms with E-state index in [-0.39, 0.29) is 24.3 Å². The summed E-state index contributed by atoms with van der Waals surface area (Å²) in [5, 5.41) is 0. The largest absolute Gasteiger partial charge is 0.494 e. The Bertz CT molecular complexity index is 548. The summed E-state index contributed by atoms with van der Waals surface area (Å²) in [7, 11) is 0. The van der Waals surface area contributed by atoms with Crippen molar-refractivity contribution in [3.05, 3.63) is 29.8 Å². The first-order valence-electron chi connectivity index (χ1n) is 11.3. The number of hydrogen-bond acceptors (Lipinski definition) is 5. The molecule has 0 saturated heterocycles. The van der Waals surface area contributed by atoms with Gasteiger partial charge in [-0.1, -0.05) is 39.8 Å². The summed E-state index contributed by atoms with van der Waals surface area (Å²) >= 11 is 0. The number of nitrogens with zero attached hydrogens (tertiary/aromatic N) is 1. The molecule has 2 N–H and O–H groups in total. The SMILES string of the molecule is CCN(CC)Cc1ccc(OCCCCCOC(=O)CC(CN)CC(C)C)cc1.Cl. The molecule has 1 rings (SSSR count). The van der Waals surface area contributed by atoms with Crippen molar-refractivity contribution in [2.45, 2.75) is 66.3 Å². The first-order chi connectivity index (χ1) is 14.0. The molecule has 1 atom stereocenters. The first-order valence-corrected chi connectivity index (χ1v) is 11.3. The van der Waals surface area contributed by atoms with Crippen LogP contribution in [0, 0.1) is 11.8 Å². The molecule has 0 bridgehead atoms. The molecule has 0 aliphatic heterocycles. The van der Waals surface area contributed by atoms with Gasteiger partial charge in [0.1, 0.15) is 5.75 Å². The van der Waals surface area contributed by atoms with E-state index >= 15 is 0 Å². The molecular formula is C24H43ClN2O3. The molecule has 174 valence electrons. The number of carbonyl (C=O) groups excluding carboxylic acids is 1. The Morgan fingerprint density at radius 3 is 2.23 bits per heavy atom. The van der Waals surface area contributed by atoms with E-state index in [4.69, 9.17) is 15.2 Å². The average Bonchev–Trinajstić information content (AvgIpc) is 2.71. The van der Waals surface area contributed by atoms with E-state index in [1.807, 2.05) is 12.1 Å². The van der Waals surface area contributed by atoms with Crippen LogP contribution >= 0.6 is 12.4 Å². The lowest BCUT2D eigenvalue weighted by Gasteiger charge is -2.18. The van der Waals surface area contributed by atoms with E-state index in [0.29, 0.717) is 32.1 Å². The van der Waals surface area contributed by atoms with Gasteiger partial charge in [0, 0.05) is 13.0 Å². The van der Waals surface area contributed by atoms with Gasteiger partial charge in [0.25, 0.3) is 0 Å². The van der Waals surface area contributed by atoms with Crippen molar-refractivity contribution in [3.63, 3.8) is 0 Å². The standard InChI is InChI=1S/C24H42N2O3.ClH/c1-5-26(6-2)19-21-10-12-23(13-11-21)28-14-8-7-9-15-29-24(27)17-22(18-25)16-20(3)4;/h10-13,20,22H,5-9,14-19,25H2,1-4H3;1H. The number of benzene rings is 1. The van der Waals surface area contributed by atoms with Gasteiger partial charge >= 0.3 is 5.97 Å². The second-order valence-corrected chi connectivity index (χ2v) is 8.17. The van der Waals surface area contributed by atoms with E-state index < -0.39 is 0 Å². The summed E-state index contributed by atoms with van der Waals surface area (Å²) in [6.07, 6.45) is 4.22. The van der Waals surface area contributed by atoms with Gasteiger partial charge in [-0.2, -0.15) is 0 Å². The third-order valence-electron chi connectivity index (χ3n) is 5.14. The summed E-state index contributed by atoms with van der Waals surface area (Å²) in [6, 6.07) is 8.37. The van der Waals surface area contributed by atoms with Gasteiger partial charge in [-0.15, -0.1) is 12.4 Å². The van der Waals surface area contributed by atoms with Crippen molar-refractivity contribution in [3.8, 4) is 5.75 Å². The predicted molar refractivity (Wildman–Crippen MR) is 127 cm³/mol. The fourth-order valence-corrected chi connectivity index (χ4v) is 3.38. The molecule has 30 heavy (non-hydrogen) atoms. The van der Waals surface area contributed by atoms with Crippen molar-refractivity contribution in [1.82, 2.24) is 4.90 Å². The number of esters is 1. The summed E-state index contributed by atoms with van der Waals surface area (Å²) in [5.74, 6) is 1.57. The van der Waals surface area contributed by atoms with Crippen molar-refractivity contribution in [2.24, 2.45) is 17.6 Å². The number of hydrogen-bond donors (Lipinski definition) is 1. The maximum absolute atomic E-state index is 11.9. The van der Waals surface area contributed by atoms with Gasteiger partial charge in [-0.05, 0) is 74.8 Å². The Hall–Kier alpha value is -1.30. The highest BCUT2D eigenvalue weighted by Crippen LogP contribution is 2.16. The van der Waals surface area contributed by atoms with E-state index in [1.165, 1.54) is 5.56 Å². The Morgan fingerprint density at radius 2 is 1.67 bits per heavy atom. The first kappa shape index (κ1) is 28.7. The van der Waals surface area contributed by atoms with E-state index in [0.717, 1.165) is 51.1 Å². The normalized spacial score (nSPS) is 12.0. The molecule has 0 aliphatic rings. The fraction of sp³-hybridized carbons (Fsp3) is 0.708. The number of nitrogens with two attached hydrogens (primary N) is 1. The van der Waals surface area contributed by atoms with Crippen LogP contribution in [0.1, 0.15) is 65.4 Å². The molecule has 0 amide bonds. The highest BCUT2D eigenvalue weighted by atomic mass is 35.5. The maximum atomic E-state index is 11.9. The molecule has 0 fully saturated rings. The molecule has 0 saturated carbocycles. The molecule has 1 unspecified atom stereocenters. The van der Waals surface area contributed by atoms with Gasteiger partial charge < -0.3 is 15.2 Å². The van der Waals surface area contributed by atoms with Crippen molar-refractivity contribution >= 4 is 18.4 Å². The van der Waals surface area contributed by atoms with Crippen LogP contribution in [0.5, 0.6) is 5.75 Å². The van der Waals surface area contributed by atoms with E-state index in [2.05, 4.69) is 44.7 Å². The van der Waals surface area contributed by atoms with Crippen LogP contribution in [0.2, 0.25) is 0 Å². The Balaban J connectivity index is 0.00000841. The predicted octanol–water partition coefficient (Wildman–Crippen LogP) is 5.05. The lowest BCUT2D eigenvalue weighted by molar-refractivity contribution is -0.144. The highest BCUT2D eigenvalue weighted by Gasteiger charge is 2.14. The fourth-order valence-electron chi connectivity index (χ4n) is 3.38. The number of unbranched alkanes of at least 4 members (excludes halogenated alkanes) is 2. The van der Waals surface area contributed by atoms with Crippen molar-refractivity contribution in [1.29, 1.82) is 0 Å². The second-order valence-electron chi connectivity index (χ2n) is 8.17. The third kappa shape index (κ3) is 13.1. The molecule has 6 heteroatoms. The Morgan fingerprint density at radius 1 is 1.03 bits per heavy atom. The summed E-state index contributed by atoms with van der Waals surface area (Å²) < 4.78 is 11.2. The van der Waals surface area contributed by atoms with Crippen LogP contribution in [0.3, 0.4) is 0 Å². The van der Waals surface area contributed by atoms with Crippen LogP contribution in [0.4, 0.5) is 0 Å². The quantitative estimate of drug-likeness (QED) is 0.286. The number of ether oxygens (including phenoxy) is 2. The minimum Gasteiger partial charge on any atom is -0.494 e. The molecule has 1 aromatic carbocycles. The smallest absolute Gasteiger partial charge is 0.306 e. The number of rotatable bonds is 16. The summed E-state index contributed by atoms with van der Waals surface area (Å²) in [5.41, 5.74) is 7.06. The topological polar surface area (TPSA) is 64.8 Å². The van der Waals surface area contributed by atoms with Crippen LogP contribution < -0.4 is 10.5 Å². The van der Waals surface area contributed by atoms with Gasteiger partial charge in [0.2, 0.25) is 0 Å². The van der Waals surface area contributed by atoms with Crippen molar-refractivity contribution < 1.29 is 14.3 Å². The van der Waals surface area contributed by atoms with Gasteiger partial charge in [0.05, 0.1) is 13.2 Å². The molecular weight excluding hydrogens is 400 g/mol. The number of halogens is 1. The third-order valence-corrected chi connectivity index (χ3v) is 5.14. The minimum absolute atomic E-state index is 0. The second kappa shape index (κ2) is 17.4. The summed E-state index contributed by atoms with van der Waals surface area (Å²) in [6.45, 7) is 13.5. The zero-order valence-electron chi connectivity index (χ0n) is 19.4. The zero-order valence-corrected chi connectivity index (χ0v) is 20.2. The molecule has 0 heterocycles. The molecule has 0 aromatic heterocycles. The van der Waals surface area contributed by atoms with Crippen LogP contribution in [-0.2, 0) is 16.1 Å². The van der Waals surface area contributed by atoms with Gasteiger partial charge in [-0.25, -0.2) is 0 Å². The molecule has 1 aromatic rings. The maximum Gasteiger partial charge on any atom is 0.306 e. The average molecular weight is 443 g/mol. The molecule has 5 nitrogen and oxygen atoms in total. The van der Waals surface area contributed by atoms with Crippen LogP contribution in [0.25, 0.3) is 0 Å². The van der Waals surface area contributed by atoms with E-state index in [1.54, 1.807) is 0 Å². The van der Waals surface area contributed by atoms with Crippen molar-refractivity contribution in [2.75, 3.05) is 32.8 Å². The van der Waals surface area contributed by atoms with Crippen LogP contribution in [0.15, 0.2) is 24.3 Å². The molecule has 0 aliphatic carbocycles. The Labute approximate surface area is 190 Å². The zero-order chi connectivity index (χ0) is 21.5. The monoisotopic (exact) mass is 442 g/mol. The molecule has 0 radical (unpaired) electrons. The molecule has 0 spiro atoms. The lowest BCUT2D eigenvalue weighted by atomic mass is 9.94. The highest BCUT2D eigenvalue weighted by molar-refractivity contribution is 5.85. The lowest BCUT2D eigenvalue weighted by Crippen LogP contribution is -2.21. The Kier molecular flexibility index (Phi) is 16.6. The van der Waals surface area contributed by atoms with Crippen LogP contribution in [-0.4, -0.2) is 43.7 Å². The van der Waals surface area contributed by atoms with Gasteiger partial charge in [-0.3, -0.25) is 9.69 Å². The minimum atomic E-state index is -0.123. The summed E-state index contributed by atoms with van der Waals surface area (Å²) in [4.78, 5) is 14.3. The number of carbonyl (C=O) groups is 1. The van der Waals surface area contributed by atoms with E-state index in [9.17, 15) is 4.79 Å². The van der Waals surface area contributed by atoms with Gasteiger partial charge in [0.15, 0.2) is 0 Å².